The van der Waals surface area contributed by atoms with Gasteiger partial charge in [0, 0.05) is 12.6 Å². The summed E-state index contributed by atoms with van der Waals surface area (Å²) in [6, 6.07) is 11.8. The van der Waals surface area contributed by atoms with E-state index in [1.807, 2.05) is 6.07 Å². The van der Waals surface area contributed by atoms with Gasteiger partial charge in [-0.2, -0.15) is 0 Å². The molecular weight excluding hydrogens is 428 g/mol. The molecule has 0 unspecified atom stereocenters. The Bertz CT molecular complexity index is 1060. The Morgan fingerprint density at radius 3 is 2.53 bits per heavy atom. The molecule has 156 valence electrons. The first-order valence-electron chi connectivity index (χ1n) is 8.74. The van der Waals surface area contributed by atoms with E-state index in [9.17, 15) is 14.4 Å². The molecule has 2 aromatic carbocycles. The summed E-state index contributed by atoms with van der Waals surface area (Å²) >= 11 is 2.74. The van der Waals surface area contributed by atoms with E-state index in [0.29, 0.717) is 17.2 Å². The smallest absolute Gasteiger partial charge is 0.316 e. The Kier molecular flexibility index (Phi) is 7.26. The van der Waals surface area contributed by atoms with Crippen molar-refractivity contribution in [1.82, 2.24) is 4.98 Å². The molecule has 0 aliphatic rings. The molecule has 3 aromatic rings. The van der Waals surface area contributed by atoms with Crippen LogP contribution in [0, 0.1) is 0 Å². The molecule has 0 bridgehead atoms. The molecule has 0 aliphatic carbocycles. The van der Waals surface area contributed by atoms with Crippen molar-refractivity contribution in [2.45, 2.75) is 11.3 Å². The zero-order valence-corrected chi connectivity index (χ0v) is 17.8. The molecule has 1 aromatic heterocycles. The molecule has 0 saturated heterocycles. The van der Waals surface area contributed by atoms with Crippen LogP contribution in [0.4, 0.5) is 5.69 Å². The first kappa shape index (κ1) is 21.6. The number of nitrogens with zero attached hydrogens (tertiary/aromatic N) is 1. The van der Waals surface area contributed by atoms with Crippen molar-refractivity contribution in [1.29, 1.82) is 0 Å². The number of carbonyl (C=O) groups is 3. The molecule has 1 N–H and O–H groups in total. The number of carbonyl (C=O) groups excluding carboxylic acids is 3. The SMILES string of the molecule is COC(=O)CSc1nc2ccc(NC(=O)COc3ccc(OC(C)=O)cc3)cc2s1. The second kappa shape index (κ2) is 10.1. The van der Waals surface area contributed by atoms with E-state index >= 15 is 0 Å². The van der Waals surface area contributed by atoms with Crippen LogP contribution < -0.4 is 14.8 Å². The van der Waals surface area contributed by atoms with Crippen molar-refractivity contribution in [3.05, 3.63) is 42.5 Å². The molecule has 1 amide bonds. The van der Waals surface area contributed by atoms with Gasteiger partial charge in [-0.25, -0.2) is 4.98 Å². The number of nitrogens with one attached hydrogen (secondary N) is 1. The fourth-order valence-corrected chi connectivity index (χ4v) is 4.28. The van der Waals surface area contributed by atoms with Crippen LogP contribution in [0.25, 0.3) is 10.2 Å². The van der Waals surface area contributed by atoms with E-state index in [4.69, 9.17) is 9.47 Å². The van der Waals surface area contributed by atoms with Gasteiger partial charge in [-0.05, 0) is 42.5 Å². The number of thioether (sulfide) groups is 1. The van der Waals surface area contributed by atoms with Gasteiger partial charge in [0.25, 0.3) is 5.91 Å². The van der Waals surface area contributed by atoms with Crippen LogP contribution in [0.15, 0.2) is 46.8 Å². The third-order valence-corrected chi connectivity index (χ3v) is 5.78. The highest BCUT2D eigenvalue weighted by atomic mass is 32.2. The maximum absolute atomic E-state index is 12.2. The monoisotopic (exact) mass is 446 g/mol. The molecule has 0 saturated carbocycles. The van der Waals surface area contributed by atoms with E-state index < -0.39 is 5.97 Å². The van der Waals surface area contributed by atoms with Gasteiger partial charge in [-0.1, -0.05) is 11.8 Å². The van der Waals surface area contributed by atoms with Crippen LogP contribution in [-0.4, -0.2) is 42.3 Å². The fraction of sp³-hybridized carbons (Fsp3) is 0.200. The topological polar surface area (TPSA) is 104 Å². The Morgan fingerprint density at radius 1 is 1.10 bits per heavy atom. The normalized spacial score (nSPS) is 10.5. The third kappa shape index (κ3) is 6.19. The second-order valence-electron chi connectivity index (χ2n) is 5.93. The average molecular weight is 447 g/mol. The number of amides is 1. The third-order valence-electron chi connectivity index (χ3n) is 3.65. The average Bonchev–Trinajstić information content (AvgIpc) is 3.13. The molecule has 0 fully saturated rings. The summed E-state index contributed by atoms with van der Waals surface area (Å²) < 4.78 is 16.7. The quantitative estimate of drug-likeness (QED) is 0.319. The summed E-state index contributed by atoms with van der Waals surface area (Å²) in [6.45, 7) is 1.15. The summed E-state index contributed by atoms with van der Waals surface area (Å²) in [5, 5.41) is 2.78. The number of methoxy groups -OCH3 is 1. The van der Waals surface area contributed by atoms with Gasteiger partial charge in [0.15, 0.2) is 10.9 Å². The molecule has 0 radical (unpaired) electrons. The van der Waals surface area contributed by atoms with E-state index in [0.717, 1.165) is 14.6 Å². The summed E-state index contributed by atoms with van der Waals surface area (Å²) in [7, 11) is 1.35. The van der Waals surface area contributed by atoms with Gasteiger partial charge in [-0.15, -0.1) is 11.3 Å². The lowest BCUT2D eigenvalue weighted by molar-refractivity contribution is -0.137. The second-order valence-corrected chi connectivity index (χ2v) is 8.18. The van der Waals surface area contributed by atoms with Gasteiger partial charge in [0.1, 0.15) is 11.5 Å². The molecule has 0 spiro atoms. The number of aromatic nitrogens is 1. The Hall–Kier alpha value is -3.11. The molecule has 0 atom stereocenters. The van der Waals surface area contributed by atoms with Crippen molar-refractivity contribution in [2.75, 3.05) is 24.8 Å². The zero-order chi connectivity index (χ0) is 21.5. The highest BCUT2D eigenvalue weighted by Gasteiger charge is 2.10. The van der Waals surface area contributed by atoms with Crippen molar-refractivity contribution in [3.8, 4) is 11.5 Å². The highest BCUT2D eigenvalue weighted by molar-refractivity contribution is 8.01. The van der Waals surface area contributed by atoms with E-state index in [1.54, 1.807) is 36.4 Å². The standard InChI is InChI=1S/C20H18N2O6S2/c1-12(23)28-15-6-4-14(5-7-15)27-10-18(24)21-13-3-8-16-17(9-13)30-20(22-16)29-11-19(25)26-2/h3-9H,10-11H2,1-2H3,(H,21,24). The summed E-state index contributed by atoms with van der Waals surface area (Å²) in [6.07, 6.45) is 0. The van der Waals surface area contributed by atoms with Crippen molar-refractivity contribution < 1.29 is 28.6 Å². The number of fused-ring (bicyclic) bond motifs is 1. The summed E-state index contributed by atoms with van der Waals surface area (Å²) in [5.74, 6) is 0.0399. The molecule has 3 rings (SSSR count). The maximum Gasteiger partial charge on any atom is 0.316 e. The van der Waals surface area contributed by atoms with Gasteiger partial charge < -0.3 is 19.5 Å². The van der Waals surface area contributed by atoms with Crippen LogP contribution in [0.5, 0.6) is 11.5 Å². The minimum Gasteiger partial charge on any atom is -0.484 e. The number of esters is 2. The molecule has 8 nitrogen and oxygen atoms in total. The van der Waals surface area contributed by atoms with Crippen LogP contribution >= 0.6 is 23.1 Å². The molecule has 1 heterocycles. The molecule has 10 heteroatoms. The van der Waals surface area contributed by atoms with Crippen molar-refractivity contribution >= 4 is 56.8 Å². The van der Waals surface area contributed by atoms with Gasteiger partial charge in [0.2, 0.25) is 0 Å². The van der Waals surface area contributed by atoms with E-state index in [1.165, 1.54) is 37.1 Å². The minimum atomic E-state index is -0.407. The Morgan fingerprint density at radius 2 is 1.83 bits per heavy atom. The van der Waals surface area contributed by atoms with Gasteiger partial charge in [0.05, 0.1) is 23.1 Å². The number of ether oxygens (including phenoxy) is 3. The lowest BCUT2D eigenvalue weighted by atomic mass is 10.3. The van der Waals surface area contributed by atoms with Crippen molar-refractivity contribution in [2.24, 2.45) is 0 Å². The first-order chi connectivity index (χ1) is 14.4. The predicted octanol–water partition coefficient (Wildman–Crippen LogP) is 3.50. The lowest BCUT2D eigenvalue weighted by Crippen LogP contribution is -2.20. The minimum absolute atomic E-state index is 0.173. The molecule has 30 heavy (non-hydrogen) atoms. The number of hydrogen-bond acceptors (Lipinski definition) is 9. The maximum atomic E-state index is 12.2. The van der Waals surface area contributed by atoms with Crippen molar-refractivity contribution in [3.63, 3.8) is 0 Å². The van der Waals surface area contributed by atoms with Gasteiger partial charge >= 0.3 is 11.9 Å². The predicted molar refractivity (Wildman–Crippen MR) is 114 cm³/mol. The summed E-state index contributed by atoms with van der Waals surface area (Å²) in [5.41, 5.74) is 1.41. The van der Waals surface area contributed by atoms with E-state index in [2.05, 4.69) is 15.0 Å². The summed E-state index contributed by atoms with van der Waals surface area (Å²) in [4.78, 5) is 38.8. The molecule has 0 aliphatic heterocycles. The van der Waals surface area contributed by atoms with Gasteiger partial charge in [-0.3, -0.25) is 14.4 Å². The van der Waals surface area contributed by atoms with Crippen LogP contribution in [0.3, 0.4) is 0 Å². The number of anilines is 1. The largest absolute Gasteiger partial charge is 0.484 e. The number of benzene rings is 2. The number of hydrogen-bond donors (Lipinski definition) is 1. The highest BCUT2D eigenvalue weighted by Crippen LogP contribution is 2.31. The van der Waals surface area contributed by atoms with E-state index in [-0.39, 0.29) is 24.2 Å². The fourth-order valence-electron chi connectivity index (χ4n) is 2.34. The number of thiazole rings is 1. The van der Waals surface area contributed by atoms with Crippen LogP contribution in [0.2, 0.25) is 0 Å². The first-order valence-corrected chi connectivity index (χ1v) is 10.5. The Labute approximate surface area is 180 Å². The zero-order valence-electron chi connectivity index (χ0n) is 16.2. The Balaban J connectivity index is 1.54. The molecular formula is C20H18N2O6S2. The lowest BCUT2D eigenvalue weighted by Gasteiger charge is -2.08. The van der Waals surface area contributed by atoms with Crippen LogP contribution in [-0.2, 0) is 19.1 Å². The number of rotatable bonds is 8. The van der Waals surface area contributed by atoms with Crippen LogP contribution in [0.1, 0.15) is 6.92 Å².